The number of nitrogens with one attached hydrogen (secondary N) is 2. The summed E-state index contributed by atoms with van der Waals surface area (Å²) in [5.74, 6) is -0.534. The van der Waals surface area contributed by atoms with Crippen molar-refractivity contribution in [1.82, 2.24) is 19.8 Å². The fraction of sp³-hybridized carbons (Fsp3) is 0.706. The summed E-state index contributed by atoms with van der Waals surface area (Å²) in [5.41, 5.74) is -0.326. The standard InChI is InChI=1S/C17H26N4O5/c22-15-9-13(18-17(25)19-15)11-20-4-3-14(21-5-7-26-8-6-21)12(10-20)1-2-16(23)24/h9,12,14H,1-8,10-11H2,(H,23,24)(H2,18,19,22,25)/t12-,14+/m1/s1. The number of carbonyl (C=O) groups is 1. The number of rotatable bonds is 6. The highest BCUT2D eigenvalue weighted by Crippen LogP contribution is 2.27. The van der Waals surface area contributed by atoms with Gasteiger partial charge in [0.05, 0.1) is 13.2 Å². The molecule has 3 heterocycles. The maximum Gasteiger partial charge on any atom is 0.325 e. The maximum atomic E-state index is 11.5. The zero-order valence-electron chi connectivity index (χ0n) is 14.8. The van der Waals surface area contributed by atoms with Gasteiger partial charge in [-0.25, -0.2) is 4.79 Å². The van der Waals surface area contributed by atoms with Gasteiger partial charge in [-0.05, 0) is 18.8 Å². The van der Waals surface area contributed by atoms with Crippen LogP contribution in [-0.4, -0.2) is 76.3 Å². The number of carboxylic acids is 1. The van der Waals surface area contributed by atoms with Crippen LogP contribution in [0.1, 0.15) is 25.0 Å². The van der Waals surface area contributed by atoms with Crippen LogP contribution in [0.5, 0.6) is 0 Å². The summed E-state index contributed by atoms with van der Waals surface area (Å²) >= 11 is 0. The van der Waals surface area contributed by atoms with Crippen LogP contribution in [0.2, 0.25) is 0 Å². The Morgan fingerprint density at radius 2 is 2.00 bits per heavy atom. The van der Waals surface area contributed by atoms with Crippen molar-refractivity contribution in [1.29, 1.82) is 0 Å². The molecule has 2 atom stereocenters. The van der Waals surface area contributed by atoms with Gasteiger partial charge in [-0.2, -0.15) is 0 Å². The fourth-order valence-electron chi connectivity index (χ4n) is 4.07. The third kappa shape index (κ3) is 5.03. The average molecular weight is 366 g/mol. The number of aliphatic carboxylic acids is 1. The predicted octanol–water partition coefficient (Wildman–Crippen LogP) is -0.549. The highest BCUT2D eigenvalue weighted by Gasteiger charge is 2.34. The topological polar surface area (TPSA) is 119 Å². The van der Waals surface area contributed by atoms with Gasteiger partial charge in [-0.1, -0.05) is 0 Å². The van der Waals surface area contributed by atoms with Crippen LogP contribution in [0, 0.1) is 5.92 Å². The lowest BCUT2D eigenvalue weighted by Crippen LogP contribution is -2.54. The second-order valence-electron chi connectivity index (χ2n) is 7.04. The van der Waals surface area contributed by atoms with Crippen molar-refractivity contribution in [3.8, 4) is 0 Å². The number of ether oxygens (including phenoxy) is 1. The molecule has 144 valence electrons. The minimum atomic E-state index is -0.776. The minimum absolute atomic E-state index is 0.154. The first-order chi connectivity index (χ1) is 12.5. The minimum Gasteiger partial charge on any atom is -0.481 e. The smallest absolute Gasteiger partial charge is 0.325 e. The zero-order chi connectivity index (χ0) is 18.5. The van der Waals surface area contributed by atoms with E-state index in [9.17, 15) is 14.4 Å². The van der Waals surface area contributed by atoms with Crippen molar-refractivity contribution in [2.45, 2.75) is 31.8 Å². The van der Waals surface area contributed by atoms with Crippen molar-refractivity contribution in [2.24, 2.45) is 5.92 Å². The number of likely N-dealkylation sites (tertiary alicyclic amines) is 1. The Kier molecular flexibility index (Phi) is 6.23. The Labute approximate surface area is 151 Å². The average Bonchev–Trinajstić information content (AvgIpc) is 2.60. The van der Waals surface area contributed by atoms with Gasteiger partial charge in [-0.15, -0.1) is 0 Å². The molecule has 2 saturated heterocycles. The molecule has 3 rings (SSSR count). The van der Waals surface area contributed by atoms with E-state index < -0.39 is 17.2 Å². The normalized spacial score (nSPS) is 25.2. The molecule has 0 saturated carbocycles. The van der Waals surface area contributed by atoms with Crippen molar-refractivity contribution >= 4 is 5.97 Å². The fourth-order valence-corrected chi connectivity index (χ4v) is 4.07. The molecular weight excluding hydrogens is 340 g/mol. The maximum absolute atomic E-state index is 11.5. The summed E-state index contributed by atoms with van der Waals surface area (Å²) in [7, 11) is 0. The molecule has 0 amide bonds. The van der Waals surface area contributed by atoms with Gasteiger partial charge in [0.25, 0.3) is 5.56 Å². The van der Waals surface area contributed by atoms with Gasteiger partial charge in [0, 0.05) is 56.9 Å². The summed E-state index contributed by atoms with van der Waals surface area (Å²) in [6.45, 7) is 5.30. The van der Waals surface area contributed by atoms with E-state index in [1.165, 1.54) is 6.07 Å². The molecule has 0 bridgehead atoms. The monoisotopic (exact) mass is 366 g/mol. The molecule has 1 aromatic heterocycles. The SMILES string of the molecule is O=C(O)CC[C@@H]1CN(Cc2cc(=O)[nH]c(=O)[nH]2)CC[C@@H]1N1CCOCC1. The molecule has 1 aromatic rings. The molecule has 2 fully saturated rings. The van der Waals surface area contributed by atoms with E-state index in [1.807, 2.05) is 0 Å². The zero-order valence-corrected chi connectivity index (χ0v) is 14.8. The third-order valence-corrected chi connectivity index (χ3v) is 5.23. The number of hydrogen-bond donors (Lipinski definition) is 3. The molecular formula is C17H26N4O5. The van der Waals surface area contributed by atoms with E-state index >= 15 is 0 Å². The van der Waals surface area contributed by atoms with Crippen molar-refractivity contribution in [3.63, 3.8) is 0 Å². The van der Waals surface area contributed by atoms with Gasteiger partial charge in [0.15, 0.2) is 0 Å². The Morgan fingerprint density at radius 3 is 2.69 bits per heavy atom. The summed E-state index contributed by atoms with van der Waals surface area (Å²) in [5, 5.41) is 9.08. The number of morpholine rings is 1. The Bertz CT molecular complexity index is 696. The Balaban J connectivity index is 1.67. The van der Waals surface area contributed by atoms with Gasteiger partial charge in [0.2, 0.25) is 0 Å². The molecule has 0 aliphatic carbocycles. The van der Waals surface area contributed by atoms with Crippen molar-refractivity contribution in [2.75, 3.05) is 39.4 Å². The van der Waals surface area contributed by atoms with E-state index in [4.69, 9.17) is 9.84 Å². The van der Waals surface area contributed by atoms with E-state index in [1.54, 1.807) is 0 Å². The van der Waals surface area contributed by atoms with Crippen LogP contribution in [0.4, 0.5) is 0 Å². The first kappa shape index (κ1) is 18.8. The van der Waals surface area contributed by atoms with Crippen LogP contribution < -0.4 is 11.2 Å². The number of hydrogen-bond acceptors (Lipinski definition) is 6. The van der Waals surface area contributed by atoms with Crippen molar-refractivity contribution < 1.29 is 14.6 Å². The van der Waals surface area contributed by atoms with Crippen LogP contribution >= 0.6 is 0 Å². The molecule has 0 radical (unpaired) electrons. The molecule has 2 aliphatic rings. The van der Waals surface area contributed by atoms with Crippen LogP contribution in [-0.2, 0) is 16.1 Å². The molecule has 0 unspecified atom stereocenters. The van der Waals surface area contributed by atoms with Gasteiger partial charge < -0.3 is 14.8 Å². The number of piperidine rings is 1. The lowest BCUT2D eigenvalue weighted by atomic mass is 9.86. The number of nitrogens with zero attached hydrogens (tertiary/aromatic N) is 2. The van der Waals surface area contributed by atoms with E-state index in [0.717, 1.165) is 45.8 Å². The Morgan fingerprint density at radius 1 is 1.23 bits per heavy atom. The second-order valence-corrected chi connectivity index (χ2v) is 7.04. The molecule has 0 aromatic carbocycles. The Hall–Kier alpha value is -1.97. The molecule has 26 heavy (non-hydrogen) atoms. The van der Waals surface area contributed by atoms with Gasteiger partial charge >= 0.3 is 11.7 Å². The second kappa shape index (κ2) is 8.61. The summed E-state index contributed by atoms with van der Waals surface area (Å²) in [4.78, 5) is 43.4. The van der Waals surface area contributed by atoms with Crippen molar-refractivity contribution in [3.05, 3.63) is 32.6 Å². The number of aromatic nitrogens is 2. The molecule has 3 N–H and O–H groups in total. The first-order valence-corrected chi connectivity index (χ1v) is 9.10. The molecule has 9 nitrogen and oxygen atoms in total. The molecule has 9 heteroatoms. The lowest BCUT2D eigenvalue weighted by Gasteiger charge is -2.45. The number of H-pyrrole nitrogens is 2. The van der Waals surface area contributed by atoms with Crippen LogP contribution in [0.25, 0.3) is 0 Å². The van der Waals surface area contributed by atoms with Gasteiger partial charge in [-0.3, -0.25) is 24.4 Å². The molecule has 2 aliphatic heterocycles. The molecule has 0 spiro atoms. The van der Waals surface area contributed by atoms with Gasteiger partial charge in [0.1, 0.15) is 0 Å². The lowest BCUT2D eigenvalue weighted by molar-refractivity contribution is -0.137. The van der Waals surface area contributed by atoms with Crippen LogP contribution in [0.3, 0.4) is 0 Å². The number of aromatic amines is 2. The quantitative estimate of drug-likeness (QED) is 0.618. The van der Waals surface area contributed by atoms with E-state index in [0.29, 0.717) is 24.7 Å². The summed E-state index contributed by atoms with van der Waals surface area (Å²) in [6, 6.07) is 1.76. The summed E-state index contributed by atoms with van der Waals surface area (Å²) < 4.78 is 5.43. The predicted molar refractivity (Wildman–Crippen MR) is 94.1 cm³/mol. The summed E-state index contributed by atoms with van der Waals surface area (Å²) in [6.07, 6.45) is 1.72. The highest BCUT2D eigenvalue weighted by molar-refractivity contribution is 5.66. The largest absolute Gasteiger partial charge is 0.481 e. The third-order valence-electron chi connectivity index (χ3n) is 5.23. The number of carboxylic acid groups (broad SMARTS) is 1. The van der Waals surface area contributed by atoms with E-state index in [-0.39, 0.29) is 12.3 Å². The highest BCUT2D eigenvalue weighted by atomic mass is 16.5. The van der Waals surface area contributed by atoms with Crippen LogP contribution in [0.15, 0.2) is 15.7 Å². The first-order valence-electron chi connectivity index (χ1n) is 9.10. The van der Waals surface area contributed by atoms with E-state index in [2.05, 4.69) is 19.8 Å².